The van der Waals surface area contributed by atoms with Crippen molar-refractivity contribution >= 4 is 12.3 Å². The van der Waals surface area contributed by atoms with Crippen molar-refractivity contribution in [3.8, 4) is 0 Å². The summed E-state index contributed by atoms with van der Waals surface area (Å²) in [6.45, 7) is 7.46. The molecule has 0 spiro atoms. The van der Waals surface area contributed by atoms with Gasteiger partial charge in [0.25, 0.3) is 0 Å². The topological polar surface area (TPSA) is 46.6 Å². The van der Waals surface area contributed by atoms with Gasteiger partial charge in [0.2, 0.25) is 0 Å². The number of hydrogen-bond acceptors (Lipinski definition) is 4. The number of ether oxygens (including phenoxy) is 1. The van der Waals surface area contributed by atoms with Crippen molar-refractivity contribution in [2.75, 3.05) is 13.1 Å². The highest BCUT2D eigenvalue weighted by Crippen LogP contribution is 2.35. The third kappa shape index (κ3) is 5.76. The molecule has 30 heavy (non-hydrogen) atoms. The van der Waals surface area contributed by atoms with Crippen molar-refractivity contribution in [2.45, 2.75) is 45.8 Å². The van der Waals surface area contributed by atoms with Crippen LogP contribution in [0.3, 0.4) is 0 Å². The standard InChI is InChI=1S/C25H30FNO3/c1-25(2,3)13-23(24(29)30-17-18-8-5-4-6-9-18)27-14-20(16-28)22(15-27)19-10-7-11-21(26)12-19/h4-12,16,20,22-23H,13-15,17H2,1-3H3/t20-,22-,23-/m1/s1. The van der Waals surface area contributed by atoms with Gasteiger partial charge in [-0.3, -0.25) is 9.69 Å². The van der Waals surface area contributed by atoms with E-state index in [1.54, 1.807) is 6.07 Å². The van der Waals surface area contributed by atoms with Crippen LogP contribution in [0.4, 0.5) is 4.39 Å². The summed E-state index contributed by atoms with van der Waals surface area (Å²) in [5.74, 6) is -1.01. The number of halogens is 1. The van der Waals surface area contributed by atoms with Crippen LogP contribution >= 0.6 is 0 Å². The molecule has 5 heteroatoms. The monoisotopic (exact) mass is 411 g/mol. The van der Waals surface area contributed by atoms with E-state index in [2.05, 4.69) is 20.8 Å². The van der Waals surface area contributed by atoms with Gasteiger partial charge in [0.05, 0.1) is 0 Å². The first-order valence-electron chi connectivity index (χ1n) is 10.4. The van der Waals surface area contributed by atoms with E-state index in [-0.39, 0.29) is 35.6 Å². The summed E-state index contributed by atoms with van der Waals surface area (Å²) >= 11 is 0. The molecule has 0 N–H and O–H groups in total. The smallest absolute Gasteiger partial charge is 0.323 e. The summed E-state index contributed by atoms with van der Waals surface area (Å²) < 4.78 is 19.4. The lowest BCUT2D eigenvalue weighted by molar-refractivity contribution is -0.152. The Hall–Kier alpha value is -2.53. The minimum atomic E-state index is -0.449. The second kappa shape index (κ2) is 9.52. The lowest BCUT2D eigenvalue weighted by Crippen LogP contribution is -2.43. The molecular formula is C25H30FNO3. The van der Waals surface area contributed by atoms with Crippen LogP contribution in [-0.4, -0.2) is 36.3 Å². The van der Waals surface area contributed by atoms with Gasteiger partial charge in [-0.15, -0.1) is 0 Å². The molecule has 0 bridgehead atoms. The number of hydrogen-bond donors (Lipinski definition) is 0. The zero-order chi connectivity index (χ0) is 21.7. The van der Waals surface area contributed by atoms with Gasteiger partial charge in [-0.05, 0) is 35.1 Å². The highest BCUT2D eigenvalue weighted by Gasteiger charge is 2.41. The summed E-state index contributed by atoms with van der Waals surface area (Å²) in [6, 6.07) is 15.5. The molecule has 1 aliphatic heterocycles. The molecule has 2 aromatic carbocycles. The number of nitrogens with zero attached hydrogens (tertiary/aromatic N) is 1. The van der Waals surface area contributed by atoms with E-state index in [4.69, 9.17) is 4.74 Å². The Kier molecular flexibility index (Phi) is 7.03. The molecule has 0 aliphatic carbocycles. The fourth-order valence-corrected chi connectivity index (χ4v) is 4.11. The number of aldehydes is 1. The molecule has 3 rings (SSSR count). The Morgan fingerprint density at radius 2 is 1.90 bits per heavy atom. The van der Waals surface area contributed by atoms with E-state index in [1.165, 1.54) is 12.1 Å². The molecule has 2 aromatic rings. The summed E-state index contributed by atoms with van der Waals surface area (Å²) in [6.07, 6.45) is 1.54. The number of rotatable bonds is 7. The number of esters is 1. The molecule has 1 saturated heterocycles. The first-order valence-corrected chi connectivity index (χ1v) is 10.4. The van der Waals surface area contributed by atoms with Crippen LogP contribution in [0.15, 0.2) is 54.6 Å². The number of carbonyl (C=O) groups excluding carboxylic acids is 2. The molecule has 1 heterocycles. The van der Waals surface area contributed by atoms with Crippen molar-refractivity contribution in [3.63, 3.8) is 0 Å². The zero-order valence-electron chi connectivity index (χ0n) is 17.9. The maximum atomic E-state index is 13.7. The van der Waals surface area contributed by atoms with E-state index < -0.39 is 6.04 Å². The molecule has 4 nitrogen and oxygen atoms in total. The highest BCUT2D eigenvalue weighted by atomic mass is 19.1. The fourth-order valence-electron chi connectivity index (χ4n) is 4.11. The van der Waals surface area contributed by atoms with Crippen LogP contribution in [0.25, 0.3) is 0 Å². The van der Waals surface area contributed by atoms with E-state index >= 15 is 0 Å². The normalized spacial score (nSPS) is 20.7. The Morgan fingerprint density at radius 1 is 1.17 bits per heavy atom. The van der Waals surface area contributed by atoms with Crippen molar-refractivity contribution < 1.29 is 18.7 Å². The Balaban J connectivity index is 1.77. The molecule has 0 amide bonds. The van der Waals surface area contributed by atoms with Crippen LogP contribution in [0.2, 0.25) is 0 Å². The van der Waals surface area contributed by atoms with Crippen LogP contribution < -0.4 is 0 Å². The average molecular weight is 412 g/mol. The summed E-state index contributed by atoms with van der Waals surface area (Å²) in [5, 5.41) is 0. The maximum Gasteiger partial charge on any atom is 0.323 e. The first-order chi connectivity index (χ1) is 14.3. The zero-order valence-corrected chi connectivity index (χ0v) is 17.9. The molecule has 160 valence electrons. The molecule has 1 fully saturated rings. The van der Waals surface area contributed by atoms with Crippen LogP contribution in [-0.2, 0) is 20.9 Å². The largest absolute Gasteiger partial charge is 0.460 e. The van der Waals surface area contributed by atoms with Gasteiger partial charge in [0.15, 0.2) is 0 Å². The molecule has 0 radical (unpaired) electrons. The Labute approximate surface area is 178 Å². The summed E-state index contributed by atoms with van der Waals surface area (Å²) in [7, 11) is 0. The minimum Gasteiger partial charge on any atom is -0.460 e. The third-order valence-electron chi connectivity index (χ3n) is 5.59. The quantitative estimate of drug-likeness (QED) is 0.494. The van der Waals surface area contributed by atoms with Gasteiger partial charge in [0, 0.05) is 24.9 Å². The predicted molar refractivity (Wildman–Crippen MR) is 114 cm³/mol. The molecule has 0 aromatic heterocycles. The van der Waals surface area contributed by atoms with E-state index in [1.807, 2.05) is 41.3 Å². The van der Waals surface area contributed by atoms with Crippen LogP contribution in [0.5, 0.6) is 0 Å². The minimum absolute atomic E-state index is 0.0932. The maximum absolute atomic E-state index is 13.7. The van der Waals surface area contributed by atoms with Crippen LogP contribution in [0.1, 0.15) is 44.2 Å². The fraction of sp³-hybridized carbons (Fsp3) is 0.440. The summed E-state index contributed by atoms with van der Waals surface area (Å²) in [5.41, 5.74) is 1.64. The molecule has 3 atom stereocenters. The second-order valence-corrected chi connectivity index (χ2v) is 9.29. The molecule has 0 unspecified atom stereocenters. The van der Waals surface area contributed by atoms with Gasteiger partial charge >= 0.3 is 5.97 Å². The van der Waals surface area contributed by atoms with Crippen molar-refractivity contribution in [1.29, 1.82) is 0 Å². The SMILES string of the molecule is CC(C)(C)C[C@H](C(=O)OCc1ccccc1)N1C[C@H](c2cccc(F)c2)[C@@H](C=O)C1. The molecule has 0 saturated carbocycles. The van der Waals surface area contributed by atoms with E-state index in [9.17, 15) is 14.0 Å². The Bertz CT molecular complexity index is 862. The van der Waals surface area contributed by atoms with E-state index in [0.29, 0.717) is 19.5 Å². The van der Waals surface area contributed by atoms with Gasteiger partial charge in [-0.1, -0.05) is 63.2 Å². The van der Waals surface area contributed by atoms with Gasteiger partial charge in [-0.2, -0.15) is 0 Å². The van der Waals surface area contributed by atoms with Gasteiger partial charge in [0.1, 0.15) is 24.8 Å². The van der Waals surface area contributed by atoms with Crippen molar-refractivity contribution in [1.82, 2.24) is 4.90 Å². The number of likely N-dealkylation sites (tertiary alicyclic amines) is 1. The van der Waals surface area contributed by atoms with Gasteiger partial charge < -0.3 is 9.53 Å². The number of carbonyl (C=O) groups is 2. The second-order valence-electron chi connectivity index (χ2n) is 9.29. The van der Waals surface area contributed by atoms with Gasteiger partial charge in [-0.25, -0.2) is 4.39 Å². The predicted octanol–water partition coefficient (Wildman–Crippen LogP) is 4.59. The Morgan fingerprint density at radius 3 is 2.53 bits per heavy atom. The lowest BCUT2D eigenvalue weighted by atomic mass is 9.87. The van der Waals surface area contributed by atoms with Crippen LogP contribution in [0, 0.1) is 17.2 Å². The molecular weight excluding hydrogens is 381 g/mol. The van der Waals surface area contributed by atoms with E-state index in [0.717, 1.165) is 17.4 Å². The average Bonchev–Trinajstić information content (AvgIpc) is 3.14. The van der Waals surface area contributed by atoms with Crippen molar-refractivity contribution in [3.05, 3.63) is 71.5 Å². The summed E-state index contributed by atoms with van der Waals surface area (Å²) in [4.78, 5) is 26.9. The number of benzene rings is 2. The third-order valence-corrected chi connectivity index (χ3v) is 5.59. The highest BCUT2D eigenvalue weighted by molar-refractivity contribution is 5.76. The molecule has 1 aliphatic rings. The first kappa shape index (κ1) is 22.2. The lowest BCUT2D eigenvalue weighted by Gasteiger charge is -2.31. The van der Waals surface area contributed by atoms with Crippen molar-refractivity contribution in [2.24, 2.45) is 11.3 Å².